The predicted molar refractivity (Wildman–Crippen MR) is 104 cm³/mol. The summed E-state index contributed by atoms with van der Waals surface area (Å²) in [7, 11) is 1.69. The van der Waals surface area contributed by atoms with Crippen LogP contribution in [0.3, 0.4) is 0 Å². The van der Waals surface area contributed by atoms with Crippen LogP contribution in [0.2, 0.25) is 0 Å². The number of ether oxygens (including phenoxy) is 1. The fraction of sp³-hybridized carbons (Fsp3) is 0.650. The molecule has 1 rings (SSSR count). The molecule has 27 heavy (non-hydrogen) atoms. The number of hydrogen-bond acceptors (Lipinski definition) is 3. The third kappa shape index (κ3) is 8.56. The van der Waals surface area contributed by atoms with Gasteiger partial charge >= 0.3 is 12.6 Å². The van der Waals surface area contributed by atoms with Gasteiger partial charge in [0, 0.05) is 26.2 Å². The van der Waals surface area contributed by atoms with Crippen molar-refractivity contribution in [1.29, 1.82) is 0 Å². The summed E-state index contributed by atoms with van der Waals surface area (Å²) in [5.41, 5.74) is 0.730. The number of benzene rings is 1. The summed E-state index contributed by atoms with van der Waals surface area (Å²) in [6.07, 6.45) is 1.01. The number of hydrogen-bond donors (Lipinski definition) is 1. The van der Waals surface area contributed by atoms with Crippen LogP contribution in [0, 0.1) is 5.92 Å². The van der Waals surface area contributed by atoms with Crippen LogP contribution in [-0.4, -0.2) is 55.2 Å². The maximum absolute atomic E-state index is 12.4. The van der Waals surface area contributed by atoms with Crippen molar-refractivity contribution in [1.82, 2.24) is 15.1 Å². The second kappa shape index (κ2) is 11.7. The van der Waals surface area contributed by atoms with Crippen LogP contribution in [0.15, 0.2) is 24.3 Å². The van der Waals surface area contributed by atoms with E-state index < -0.39 is 6.61 Å². The van der Waals surface area contributed by atoms with Gasteiger partial charge in [-0.1, -0.05) is 39.8 Å². The topological polar surface area (TPSA) is 44.8 Å². The Morgan fingerprint density at radius 3 is 2.44 bits per heavy atom. The van der Waals surface area contributed by atoms with Gasteiger partial charge in [-0.15, -0.1) is 0 Å². The standard InChI is InChI=1S/C20H33F2N3O2/c1-6-25(7-2)17(11-15(3)4)13-23-20(26)24(5)14-16-9-8-10-18(12-16)27-19(21)22/h8-10,12,15,17,19H,6-7,11,13-14H2,1-5H3,(H,23,26)/t17-/m0/s1. The number of carbonyl (C=O) groups excluding carboxylic acids is 1. The van der Waals surface area contributed by atoms with Crippen molar-refractivity contribution in [2.75, 3.05) is 26.7 Å². The third-order valence-electron chi connectivity index (χ3n) is 4.45. The molecule has 0 heterocycles. The molecule has 0 unspecified atom stereocenters. The molecule has 1 atom stereocenters. The third-order valence-corrected chi connectivity index (χ3v) is 4.45. The average Bonchev–Trinajstić information content (AvgIpc) is 2.59. The molecule has 0 fully saturated rings. The maximum atomic E-state index is 12.4. The Kier molecular flexibility index (Phi) is 10.1. The number of rotatable bonds is 11. The molecule has 1 aromatic carbocycles. The second-order valence-corrected chi connectivity index (χ2v) is 7.07. The van der Waals surface area contributed by atoms with Crippen LogP contribution in [0.1, 0.15) is 39.7 Å². The lowest BCUT2D eigenvalue weighted by Gasteiger charge is -2.31. The molecule has 0 aromatic heterocycles. The number of nitrogens with zero attached hydrogens (tertiary/aromatic N) is 2. The number of halogens is 2. The van der Waals surface area contributed by atoms with Gasteiger partial charge in [0.05, 0.1) is 0 Å². The van der Waals surface area contributed by atoms with Gasteiger partial charge in [0.2, 0.25) is 0 Å². The summed E-state index contributed by atoms with van der Waals surface area (Å²) < 4.78 is 29.1. The molecule has 5 nitrogen and oxygen atoms in total. The largest absolute Gasteiger partial charge is 0.435 e. The Morgan fingerprint density at radius 1 is 1.22 bits per heavy atom. The molecule has 154 valence electrons. The van der Waals surface area contributed by atoms with E-state index in [1.807, 2.05) is 0 Å². The van der Waals surface area contributed by atoms with E-state index in [0.717, 1.165) is 25.1 Å². The van der Waals surface area contributed by atoms with Crippen LogP contribution >= 0.6 is 0 Å². The molecule has 0 spiro atoms. The minimum Gasteiger partial charge on any atom is -0.435 e. The lowest BCUT2D eigenvalue weighted by molar-refractivity contribution is -0.0499. The van der Waals surface area contributed by atoms with Crippen molar-refractivity contribution in [3.63, 3.8) is 0 Å². The fourth-order valence-electron chi connectivity index (χ4n) is 3.15. The molecule has 0 radical (unpaired) electrons. The number of likely N-dealkylation sites (N-methyl/N-ethyl adjacent to an activating group) is 1. The Hall–Kier alpha value is -1.89. The maximum Gasteiger partial charge on any atom is 0.387 e. The van der Waals surface area contributed by atoms with E-state index in [1.54, 1.807) is 19.2 Å². The summed E-state index contributed by atoms with van der Waals surface area (Å²) >= 11 is 0. The number of urea groups is 1. The van der Waals surface area contributed by atoms with Crippen molar-refractivity contribution >= 4 is 6.03 Å². The molecule has 0 saturated carbocycles. The molecule has 0 saturated heterocycles. The molecule has 2 amide bonds. The van der Waals surface area contributed by atoms with E-state index in [1.165, 1.54) is 17.0 Å². The van der Waals surface area contributed by atoms with Gasteiger partial charge in [-0.2, -0.15) is 8.78 Å². The fourth-order valence-corrected chi connectivity index (χ4v) is 3.15. The van der Waals surface area contributed by atoms with Crippen LogP contribution in [0.5, 0.6) is 5.75 Å². The van der Waals surface area contributed by atoms with Gasteiger partial charge in [0.15, 0.2) is 0 Å². The zero-order valence-electron chi connectivity index (χ0n) is 17.0. The van der Waals surface area contributed by atoms with Crippen molar-refractivity contribution in [3.8, 4) is 5.75 Å². The number of carbonyl (C=O) groups is 1. The lowest BCUT2D eigenvalue weighted by atomic mass is 10.0. The Bertz CT molecular complexity index is 566. The predicted octanol–water partition coefficient (Wildman–Crippen LogP) is 4.19. The van der Waals surface area contributed by atoms with Gasteiger partial charge in [0.25, 0.3) is 0 Å². The molecule has 1 N–H and O–H groups in total. The van der Waals surface area contributed by atoms with Crippen LogP contribution in [-0.2, 0) is 6.54 Å². The van der Waals surface area contributed by atoms with Crippen molar-refractivity contribution in [3.05, 3.63) is 29.8 Å². The number of alkyl halides is 2. The van der Waals surface area contributed by atoms with Crippen molar-refractivity contribution < 1.29 is 18.3 Å². The van der Waals surface area contributed by atoms with Gasteiger partial charge in [-0.3, -0.25) is 4.90 Å². The molecule has 0 aliphatic carbocycles. The highest BCUT2D eigenvalue weighted by Gasteiger charge is 2.19. The van der Waals surface area contributed by atoms with E-state index in [0.29, 0.717) is 25.0 Å². The Labute approximate surface area is 161 Å². The summed E-state index contributed by atoms with van der Waals surface area (Å²) in [5.74, 6) is 0.637. The van der Waals surface area contributed by atoms with Crippen molar-refractivity contribution in [2.45, 2.75) is 53.3 Å². The van der Waals surface area contributed by atoms with Gasteiger partial charge in [-0.05, 0) is 43.1 Å². The Morgan fingerprint density at radius 2 is 1.89 bits per heavy atom. The van der Waals surface area contributed by atoms with Crippen LogP contribution < -0.4 is 10.1 Å². The lowest BCUT2D eigenvalue weighted by Crippen LogP contribution is -2.47. The van der Waals surface area contributed by atoms with Crippen molar-refractivity contribution in [2.24, 2.45) is 5.92 Å². The molecule has 1 aromatic rings. The highest BCUT2D eigenvalue weighted by Crippen LogP contribution is 2.17. The number of amides is 2. The molecular formula is C20H33F2N3O2. The highest BCUT2D eigenvalue weighted by atomic mass is 19.3. The zero-order chi connectivity index (χ0) is 20.4. The minimum absolute atomic E-state index is 0.0924. The first-order valence-electron chi connectivity index (χ1n) is 9.53. The summed E-state index contributed by atoms with van der Waals surface area (Å²) in [4.78, 5) is 16.3. The van der Waals surface area contributed by atoms with Crippen LogP contribution in [0.25, 0.3) is 0 Å². The summed E-state index contributed by atoms with van der Waals surface area (Å²) in [5, 5.41) is 3.00. The van der Waals surface area contributed by atoms with E-state index in [9.17, 15) is 13.6 Å². The van der Waals surface area contributed by atoms with Gasteiger partial charge in [0.1, 0.15) is 5.75 Å². The molecular weight excluding hydrogens is 352 g/mol. The zero-order valence-corrected chi connectivity index (χ0v) is 17.0. The molecule has 7 heteroatoms. The highest BCUT2D eigenvalue weighted by molar-refractivity contribution is 5.73. The smallest absolute Gasteiger partial charge is 0.387 e. The summed E-state index contributed by atoms with van der Waals surface area (Å²) in [6, 6.07) is 6.51. The molecule has 0 aliphatic heterocycles. The first-order valence-corrected chi connectivity index (χ1v) is 9.53. The first kappa shape index (κ1) is 23.1. The minimum atomic E-state index is -2.86. The summed E-state index contributed by atoms with van der Waals surface area (Å²) in [6.45, 7) is 8.52. The average molecular weight is 385 g/mol. The molecule has 0 aliphatic rings. The second-order valence-electron chi connectivity index (χ2n) is 7.07. The Balaban J connectivity index is 2.62. The van der Waals surface area contributed by atoms with Gasteiger partial charge < -0.3 is 15.0 Å². The first-order chi connectivity index (χ1) is 12.8. The SMILES string of the molecule is CCN(CC)[C@H](CNC(=O)N(C)Cc1cccc(OC(F)F)c1)CC(C)C. The molecule has 0 bridgehead atoms. The van der Waals surface area contributed by atoms with E-state index in [2.05, 4.69) is 42.6 Å². The van der Waals surface area contributed by atoms with E-state index >= 15 is 0 Å². The van der Waals surface area contributed by atoms with Gasteiger partial charge in [-0.25, -0.2) is 4.79 Å². The van der Waals surface area contributed by atoms with Crippen LogP contribution in [0.4, 0.5) is 13.6 Å². The number of nitrogens with one attached hydrogen (secondary N) is 1. The monoisotopic (exact) mass is 385 g/mol. The van der Waals surface area contributed by atoms with E-state index in [4.69, 9.17) is 0 Å². The quantitative estimate of drug-likeness (QED) is 0.621. The normalized spacial score (nSPS) is 12.5. The van der Waals surface area contributed by atoms with E-state index in [-0.39, 0.29) is 11.8 Å².